The minimum Gasteiger partial charge on any atom is -0.478 e. The standard InChI is InChI=1S/C14H18ClNO2/c1-2-5-14(6-7-14)9-16-10-3-4-11(13(17)18)12(15)8-10/h3-4,8,16H,2,5-7,9H2,1H3,(H,17,18). The molecule has 0 amide bonds. The van der Waals surface area contributed by atoms with Crippen LogP contribution in [0.2, 0.25) is 5.02 Å². The minimum atomic E-state index is -0.990. The fourth-order valence-electron chi connectivity index (χ4n) is 2.31. The van der Waals surface area contributed by atoms with Crippen LogP contribution in [0.4, 0.5) is 5.69 Å². The number of benzene rings is 1. The van der Waals surface area contributed by atoms with Gasteiger partial charge in [-0.2, -0.15) is 0 Å². The maximum Gasteiger partial charge on any atom is 0.337 e. The lowest BCUT2D eigenvalue weighted by atomic mass is 10.0. The molecule has 2 rings (SSSR count). The van der Waals surface area contributed by atoms with Crippen LogP contribution in [0, 0.1) is 5.41 Å². The summed E-state index contributed by atoms with van der Waals surface area (Å²) in [7, 11) is 0. The molecule has 1 aromatic carbocycles. The highest BCUT2D eigenvalue weighted by Gasteiger charge is 2.40. The predicted octanol–water partition coefficient (Wildman–Crippen LogP) is 4.03. The Hall–Kier alpha value is -1.22. The Balaban J connectivity index is 1.98. The van der Waals surface area contributed by atoms with E-state index in [4.69, 9.17) is 16.7 Å². The first kappa shape index (κ1) is 13.2. The van der Waals surface area contributed by atoms with Crippen LogP contribution in [0.1, 0.15) is 43.0 Å². The van der Waals surface area contributed by atoms with E-state index in [0.29, 0.717) is 5.41 Å². The molecule has 18 heavy (non-hydrogen) atoms. The molecule has 0 aliphatic heterocycles. The quantitative estimate of drug-likeness (QED) is 0.818. The predicted molar refractivity (Wildman–Crippen MR) is 73.5 cm³/mol. The second kappa shape index (κ2) is 5.19. The van der Waals surface area contributed by atoms with Gasteiger partial charge in [-0.1, -0.05) is 24.9 Å². The van der Waals surface area contributed by atoms with Crippen LogP contribution < -0.4 is 5.32 Å². The number of halogens is 1. The molecular formula is C14H18ClNO2. The summed E-state index contributed by atoms with van der Waals surface area (Å²) < 4.78 is 0. The molecule has 0 spiro atoms. The van der Waals surface area contributed by atoms with Gasteiger partial charge in [-0.3, -0.25) is 0 Å². The Bertz CT molecular complexity index is 455. The van der Waals surface area contributed by atoms with Crippen LogP contribution in [-0.2, 0) is 0 Å². The second-order valence-electron chi connectivity index (χ2n) is 5.10. The molecule has 2 N–H and O–H groups in total. The van der Waals surface area contributed by atoms with Gasteiger partial charge in [-0.15, -0.1) is 0 Å². The largest absolute Gasteiger partial charge is 0.478 e. The maximum absolute atomic E-state index is 10.8. The van der Waals surface area contributed by atoms with Crippen LogP contribution in [0.3, 0.4) is 0 Å². The van der Waals surface area contributed by atoms with Crippen molar-refractivity contribution >= 4 is 23.3 Å². The number of nitrogens with one attached hydrogen (secondary N) is 1. The van der Waals surface area contributed by atoms with Gasteiger partial charge in [-0.25, -0.2) is 4.79 Å². The van der Waals surface area contributed by atoms with E-state index in [1.54, 1.807) is 18.2 Å². The smallest absolute Gasteiger partial charge is 0.337 e. The van der Waals surface area contributed by atoms with Crippen molar-refractivity contribution in [1.29, 1.82) is 0 Å². The Labute approximate surface area is 112 Å². The molecule has 4 heteroatoms. The Morgan fingerprint density at radius 2 is 2.22 bits per heavy atom. The first-order valence-electron chi connectivity index (χ1n) is 6.33. The molecule has 0 radical (unpaired) electrons. The van der Waals surface area contributed by atoms with E-state index in [1.165, 1.54) is 25.7 Å². The zero-order valence-corrected chi connectivity index (χ0v) is 11.3. The van der Waals surface area contributed by atoms with Gasteiger partial charge < -0.3 is 10.4 Å². The van der Waals surface area contributed by atoms with Gasteiger partial charge in [0.15, 0.2) is 0 Å². The molecule has 0 unspecified atom stereocenters. The molecule has 1 aliphatic carbocycles. The summed E-state index contributed by atoms with van der Waals surface area (Å²) in [4.78, 5) is 10.8. The molecule has 0 atom stereocenters. The lowest BCUT2D eigenvalue weighted by molar-refractivity contribution is 0.0697. The van der Waals surface area contributed by atoms with E-state index in [-0.39, 0.29) is 10.6 Å². The number of anilines is 1. The highest BCUT2D eigenvalue weighted by molar-refractivity contribution is 6.33. The highest BCUT2D eigenvalue weighted by Crippen LogP contribution is 2.49. The Morgan fingerprint density at radius 1 is 1.50 bits per heavy atom. The SMILES string of the molecule is CCCC1(CNc2ccc(C(=O)O)c(Cl)c2)CC1. The topological polar surface area (TPSA) is 49.3 Å². The van der Waals surface area contributed by atoms with Crippen LogP contribution in [0.15, 0.2) is 18.2 Å². The van der Waals surface area contributed by atoms with E-state index in [1.807, 2.05) is 0 Å². The molecule has 1 fully saturated rings. The molecule has 0 bridgehead atoms. The summed E-state index contributed by atoms with van der Waals surface area (Å²) >= 11 is 5.93. The van der Waals surface area contributed by atoms with Gasteiger partial charge in [0.25, 0.3) is 0 Å². The summed E-state index contributed by atoms with van der Waals surface area (Å²) in [5, 5.41) is 12.5. The number of carboxylic acids is 1. The van der Waals surface area contributed by atoms with Crippen molar-refractivity contribution in [3.05, 3.63) is 28.8 Å². The number of hydrogen-bond donors (Lipinski definition) is 2. The molecule has 0 saturated heterocycles. The summed E-state index contributed by atoms with van der Waals surface area (Å²) in [5.41, 5.74) is 1.51. The average molecular weight is 268 g/mol. The summed E-state index contributed by atoms with van der Waals surface area (Å²) in [6, 6.07) is 5.01. The zero-order chi connectivity index (χ0) is 13.2. The van der Waals surface area contributed by atoms with Crippen LogP contribution in [0.25, 0.3) is 0 Å². The Morgan fingerprint density at radius 3 is 2.72 bits per heavy atom. The maximum atomic E-state index is 10.8. The third-order valence-corrected chi connectivity index (χ3v) is 3.92. The molecule has 98 valence electrons. The summed E-state index contributed by atoms with van der Waals surface area (Å²) in [6.45, 7) is 3.15. The van der Waals surface area contributed by atoms with E-state index in [2.05, 4.69) is 12.2 Å². The van der Waals surface area contributed by atoms with Gasteiger partial charge in [0, 0.05) is 12.2 Å². The van der Waals surface area contributed by atoms with Gasteiger partial charge in [-0.05, 0) is 42.9 Å². The van der Waals surface area contributed by atoms with Crippen molar-refractivity contribution < 1.29 is 9.90 Å². The van der Waals surface area contributed by atoms with Crippen LogP contribution in [-0.4, -0.2) is 17.6 Å². The molecule has 1 aliphatic rings. The average Bonchev–Trinajstić information content (AvgIpc) is 3.07. The van der Waals surface area contributed by atoms with Crippen LogP contribution in [0.5, 0.6) is 0 Å². The monoisotopic (exact) mass is 267 g/mol. The third-order valence-electron chi connectivity index (χ3n) is 3.60. The van der Waals surface area contributed by atoms with Gasteiger partial charge in [0.05, 0.1) is 10.6 Å². The molecule has 3 nitrogen and oxygen atoms in total. The van der Waals surface area contributed by atoms with E-state index in [0.717, 1.165) is 12.2 Å². The Kier molecular flexibility index (Phi) is 3.81. The minimum absolute atomic E-state index is 0.150. The molecule has 1 saturated carbocycles. The van der Waals surface area contributed by atoms with Gasteiger partial charge in [0.1, 0.15) is 0 Å². The fraction of sp³-hybridized carbons (Fsp3) is 0.500. The van der Waals surface area contributed by atoms with E-state index >= 15 is 0 Å². The molecule has 1 aromatic rings. The van der Waals surface area contributed by atoms with Crippen molar-refractivity contribution in [2.24, 2.45) is 5.41 Å². The molecule has 0 heterocycles. The van der Waals surface area contributed by atoms with Crippen molar-refractivity contribution in [2.45, 2.75) is 32.6 Å². The van der Waals surface area contributed by atoms with Gasteiger partial charge >= 0.3 is 5.97 Å². The van der Waals surface area contributed by atoms with Crippen molar-refractivity contribution in [2.75, 3.05) is 11.9 Å². The van der Waals surface area contributed by atoms with Gasteiger partial charge in [0.2, 0.25) is 0 Å². The zero-order valence-electron chi connectivity index (χ0n) is 10.5. The van der Waals surface area contributed by atoms with E-state index in [9.17, 15) is 4.79 Å². The summed E-state index contributed by atoms with van der Waals surface area (Å²) in [6.07, 6.45) is 5.03. The normalized spacial score (nSPS) is 16.3. The first-order chi connectivity index (χ1) is 8.56. The lowest BCUT2D eigenvalue weighted by Gasteiger charge is -2.16. The van der Waals surface area contributed by atoms with Crippen LogP contribution >= 0.6 is 11.6 Å². The number of aromatic carboxylic acids is 1. The third kappa shape index (κ3) is 2.96. The second-order valence-corrected chi connectivity index (χ2v) is 5.51. The summed E-state index contributed by atoms with van der Waals surface area (Å²) in [5.74, 6) is -0.990. The van der Waals surface area contributed by atoms with Crippen molar-refractivity contribution in [3.63, 3.8) is 0 Å². The first-order valence-corrected chi connectivity index (χ1v) is 6.71. The number of carbonyl (C=O) groups is 1. The number of hydrogen-bond acceptors (Lipinski definition) is 2. The molecular weight excluding hydrogens is 250 g/mol. The molecule has 0 aromatic heterocycles. The lowest BCUT2D eigenvalue weighted by Crippen LogP contribution is -2.15. The van der Waals surface area contributed by atoms with Crippen molar-refractivity contribution in [3.8, 4) is 0 Å². The fourth-order valence-corrected chi connectivity index (χ4v) is 2.57. The van der Waals surface area contributed by atoms with Crippen molar-refractivity contribution in [1.82, 2.24) is 0 Å². The highest BCUT2D eigenvalue weighted by atomic mass is 35.5. The van der Waals surface area contributed by atoms with E-state index < -0.39 is 5.97 Å². The number of carboxylic acid groups (broad SMARTS) is 1. The number of rotatable bonds is 6.